The summed E-state index contributed by atoms with van der Waals surface area (Å²) in [7, 11) is 0. The minimum Gasteiger partial charge on any atom is -0.481 e. The van der Waals surface area contributed by atoms with Gasteiger partial charge in [-0.25, -0.2) is 8.78 Å². The second kappa shape index (κ2) is 7.23. The summed E-state index contributed by atoms with van der Waals surface area (Å²) in [5.74, 6) is -4.94. The van der Waals surface area contributed by atoms with E-state index in [2.05, 4.69) is 5.32 Å². The van der Waals surface area contributed by atoms with Gasteiger partial charge in [0.05, 0.1) is 12.0 Å². The van der Waals surface area contributed by atoms with E-state index in [0.717, 1.165) is 6.07 Å². The van der Waals surface area contributed by atoms with Crippen LogP contribution in [0.15, 0.2) is 48.5 Å². The van der Waals surface area contributed by atoms with Crippen LogP contribution in [-0.4, -0.2) is 17.0 Å². The number of aliphatic carboxylic acids is 1. The molecule has 1 aliphatic rings. The molecule has 0 aromatic heterocycles. The van der Waals surface area contributed by atoms with Crippen LogP contribution in [0.25, 0.3) is 0 Å². The number of halogens is 2. The van der Waals surface area contributed by atoms with E-state index in [1.54, 1.807) is 30.3 Å². The first-order valence-corrected chi connectivity index (χ1v) is 8.42. The Bertz CT molecular complexity index is 825. The average molecular weight is 359 g/mol. The third kappa shape index (κ3) is 3.59. The lowest BCUT2D eigenvalue weighted by Gasteiger charge is -2.23. The summed E-state index contributed by atoms with van der Waals surface area (Å²) >= 11 is 0. The van der Waals surface area contributed by atoms with E-state index in [0.29, 0.717) is 12.0 Å². The third-order valence-electron chi connectivity index (χ3n) is 4.85. The third-order valence-corrected chi connectivity index (χ3v) is 4.85. The molecular weight excluding hydrogens is 340 g/mol. The van der Waals surface area contributed by atoms with Gasteiger partial charge in [-0.3, -0.25) is 9.59 Å². The Labute approximate surface area is 149 Å². The van der Waals surface area contributed by atoms with E-state index in [4.69, 9.17) is 0 Å². The van der Waals surface area contributed by atoms with Gasteiger partial charge in [-0.1, -0.05) is 42.5 Å². The highest BCUT2D eigenvalue weighted by molar-refractivity contribution is 5.84. The predicted molar refractivity (Wildman–Crippen MR) is 91.3 cm³/mol. The fourth-order valence-electron chi connectivity index (χ4n) is 3.20. The number of rotatable bonds is 6. The first-order chi connectivity index (χ1) is 12.4. The van der Waals surface area contributed by atoms with Gasteiger partial charge in [0, 0.05) is 5.92 Å². The smallest absolute Gasteiger partial charge is 0.308 e. The minimum absolute atomic E-state index is 0.188. The Morgan fingerprint density at radius 2 is 1.81 bits per heavy atom. The standard InChI is InChI=1S/C20H19F2NO3/c1-11(20(25)26)18(12-6-3-2-4-7-12)23-19(24)15-10-14(15)13-8-5-9-16(21)17(13)22/h2-9,11,14-15,18H,10H2,1H3,(H,23,24)(H,25,26). The van der Waals surface area contributed by atoms with E-state index >= 15 is 0 Å². The number of hydrogen-bond acceptors (Lipinski definition) is 2. The van der Waals surface area contributed by atoms with E-state index < -0.39 is 35.5 Å². The monoisotopic (exact) mass is 359 g/mol. The van der Waals surface area contributed by atoms with Crippen molar-refractivity contribution >= 4 is 11.9 Å². The first-order valence-electron chi connectivity index (χ1n) is 8.42. The summed E-state index contributed by atoms with van der Waals surface area (Å²) < 4.78 is 27.3. The van der Waals surface area contributed by atoms with Crippen molar-refractivity contribution in [3.63, 3.8) is 0 Å². The van der Waals surface area contributed by atoms with Crippen LogP contribution < -0.4 is 5.32 Å². The molecule has 2 aromatic rings. The molecule has 0 bridgehead atoms. The van der Waals surface area contributed by atoms with Crippen molar-refractivity contribution in [1.29, 1.82) is 0 Å². The van der Waals surface area contributed by atoms with Gasteiger partial charge in [-0.05, 0) is 36.5 Å². The highest BCUT2D eigenvalue weighted by Gasteiger charge is 2.46. The van der Waals surface area contributed by atoms with Gasteiger partial charge in [-0.2, -0.15) is 0 Å². The molecule has 2 N–H and O–H groups in total. The van der Waals surface area contributed by atoms with E-state index in [-0.39, 0.29) is 17.4 Å². The fourth-order valence-corrected chi connectivity index (χ4v) is 3.20. The van der Waals surface area contributed by atoms with Crippen molar-refractivity contribution in [2.75, 3.05) is 0 Å². The maximum absolute atomic E-state index is 13.9. The Balaban J connectivity index is 1.75. The lowest BCUT2D eigenvalue weighted by atomic mass is 9.94. The zero-order valence-corrected chi connectivity index (χ0v) is 14.2. The van der Waals surface area contributed by atoms with Crippen LogP contribution in [0.4, 0.5) is 8.78 Å². The SMILES string of the molecule is CC(C(=O)O)C(NC(=O)C1CC1c1cccc(F)c1F)c1ccccc1. The molecule has 2 aromatic carbocycles. The maximum Gasteiger partial charge on any atom is 0.308 e. The van der Waals surface area contributed by atoms with E-state index in [1.165, 1.54) is 19.1 Å². The molecule has 0 heterocycles. The molecule has 1 aliphatic carbocycles. The molecule has 0 radical (unpaired) electrons. The number of carbonyl (C=O) groups is 2. The number of benzene rings is 2. The lowest BCUT2D eigenvalue weighted by molar-refractivity contribution is -0.142. The average Bonchev–Trinajstić information content (AvgIpc) is 3.42. The molecule has 26 heavy (non-hydrogen) atoms. The van der Waals surface area contributed by atoms with Crippen molar-refractivity contribution < 1.29 is 23.5 Å². The Morgan fingerprint density at radius 3 is 2.46 bits per heavy atom. The Morgan fingerprint density at radius 1 is 1.12 bits per heavy atom. The number of amides is 1. The van der Waals surface area contributed by atoms with Crippen LogP contribution in [0.3, 0.4) is 0 Å². The number of hydrogen-bond donors (Lipinski definition) is 2. The summed E-state index contributed by atoms with van der Waals surface area (Å²) in [6.07, 6.45) is 0.412. The molecule has 6 heteroatoms. The van der Waals surface area contributed by atoms with Gasteiger partial charge in [0.1, 0.15) is 0 Å². The summed E-state index contributed by atoms with van der Waals surface area (Å²) in [6, 6.07) is 12.1. The summed E-state index contributed by atoms with van der Waals surface area (Å²) in [4.78, 5) is 24.0. The molecule has 4 unspecified atom stereocenters. The van der Waals surface area contributed by atoms with Gasteiger partial charge in [-0.15, -0.1) is 0 Å². The molecule has 4 atom stereocenters. The van der Waals surface area contributed by atoms with Gasteiger partial charge in [0.25, 0.3) is 0 Å². The minimum atomic E-state index is -1.03. The van der Waals surface area contributed by atoms with Crippen LogP contribution in [0.2, 0.25) is 0 Å². The van der Waals surface area contributed by atoms with Crippen LogP contribution in [-0.2, 0) is 9.59 Å². The highest BCUT2D eigenvalue weighted by Crippen LogP contribution is 2.49. The number of nitrogens with one attached hydrogen (secondary N) is 1. The molecule has 1 fully saturated rings. The fraction of sp³-hybridized carbons (Fsp3) is 0.300. The van der Waals surface area contributed by atoms with Crippen molar-refractivity contribution in [1.82, 2.24) is 5.32 Å². The van der Waals surface area contributed by atoms with E-state index in [1.807, 2.05) is 0 Å². The molecular formula is C20H19F2NO3. The van der Waals surface area contributed by atoms with Gasteiger partial charge >= 0.3 is 5.97 Å². The zero-order valence-electron chi connectivity index (χ0n) is 14.2. The normalized spacial score (nSPS) is 20.9. The van der Waals surface area contributed by atoms with Gasteiger partial charge in [0.15, 0.2) is 11.6 Å². The molecule has 0 aliphatic heterocycles. The Kier molecular flexibility index (Phi) is 5.02. The largest absolute Gasteiger partial charge is 0.481 e. The highest BCUT2D eigenvalue weighted by atomic mass is 19.2. The summed E-state index contributed by atoms with van der Waals surface area (Å²) in [5.41, 5.74) is 0.873. The van der Waals surface area contributed by atoms with Gasteiger partial charge < -0.3 is 10.4 Å². The maximum atomic E-state index is 13.9. The van der Waals surface area contributed by atoms with Crippen molar-refractivity contribution in [3.05, 3.63) is 71.3 Å². The molecule has 3 rings (SSSR count). The lowest BCUT2D eigenvalue weighted by Crippen LogP contribution is -2.36. The van der Waals surface area contributed by atoms with Crippen molar-refractivity contribution in [3.8, 4) is 0 Å². The molecule has 0 saturated heterocycles. The molecule has 136 valence electrons. The first kappa shape index (κ1) is 18.0. The van der Waals surface area contributed by atoms with Crippen molar-refractivity contribution in [2.24, 2.45) is 11.8 Å². The predicted octanol–water partition coefficient (Wildman–Crippen LogP) is 3.65. The molecule has 1 saturated carbocycles. The van der Waals surface area contributed by atoms with Gasteiger partial charge in [0.2, 0.25) is 5.91 Å². The van der Waals surface area contributed by atoms with E-state index in [9.17, 15) is 23.5 Å². The second-order valence-electron chi connectivity index (χ2n) is 6.62. The topological polar surface area (TPSA) is 66.4 Å². The summed E-state index contributed by atoms with van der Waals surface area (Å²) in [5, 5.41) is 12.1. The number of carboxylic acids is 1. The molecule has 1 amide bonds. The zero-order chi connectivity index (χ0) is 18.8. The van der Waals surface area contributed by atoms with Crippen LogP contribution in [0.5, 0.6) is 0 Å². The van der Waals surface area contributed by atoms with Crippen LogP contribution in [0, 0.1) is 23.5 Å². The molecule has 4 nitrogen and oxygen atoms in total. The summed E-state index contributed by atoms with van der Waals surface area (Å²) in [6.45, 7) is 1.52. The Hall–Kier alpha value is -2.76. The second-order valence-corrected chi connectivity index (χ2v) is 6.62. The number of carbonyl (C=O) groups excluding carboxylic acids is 1. The number of carboxylic acid groups (broad SMARTS) is 1. The molecule has 0 spiro atoms. The quantitative estimate of drug-likeness (QED) is 0.827. The van der Waals surface area contributed by atoms with Crippen LogP contribution >= 0.6 is 0 Å². The van der Waals surface area contributed by atoms with Crippen LogP contribution in [0.1, 0.15) is 36.4 Å². The van der Waals surface area contributed by atoms with Crippen molar-refractivity contribution in [2.45, 2.75) is 25.3 Å².